The van der Waals surface area contributed by atoms with Crippen molar-refractivity contribution in [1.82, 2.24) is 10.3 Å². The van der Waals surface area contributed by atoms with Crippen LogP contribution in [0, 0.1) is 0 Å². The zero-order valence-corrected chi connectivity index (χ0v) is 8.61. The average molecular weight is 225 g/mol. The largest absolute Gasteiger partial charge is 0.329 e. The molecular formula is C9H9ClN4O. The third-order valence-corrected chi connectivity index (χ3v) is 2.19. The van der Waals surface area contributed by atoms with E-state index in [1.54, 1.807) is 12.3 Å². The smallest absolute Gasteiger partial charge is 0.223 e. The summed E-state index contributed by atoms with van der Waals surface area (Å²) in [5.41, 5.74) is 0.820. The Morgan fingerprint density at radius 2 is 2.47 bits per heavy atom. The van der Waals surface area contributed by atoms with Gasteiger partial charge in [-0.3, -0.25) is 4.79 Å². The average Bonchev–Trinajstić information content (AvgIpc) is 2.62. The minimum atomic E-state index is -0.413. The van der Waals surface area contributed by atoms with Gasteiger partial charge in [0.15, 0.2) is 12.0 Å². The van der Waals surface area contributed by atoms with Crippen molar-refractivity contribution in [3.63, 3.8) is 0 Å². The topological polar surface area (TPSA) is 66.7 Å². The lowest BCUT2D eigenvalue weighted by atomic mass is 10.2. The first kappa shape index (κ1) is 10.0. The Bertz CT molecular complexity index is 407. The normalized spacial score (nSPS) is 17.5. The number of rotatable bonds is 3. The Hall–Kier alpha value is -1.49. The van der Waals surface area contributed by atoms with E-state index in [-0.39, 0.29) is 12.3 Å². The predicted octanol–water partition coefficient (Wildman–Crippen LogP) is 1.92. The summed E-state index contributed by atoms with van der Waals surface area (Å²) in [4.78, 5) is 15.3. The molecule has 0 radical (unpaired) electrons. The number of nitrogens with one attached hydrogen (secondary N) is 1. The maximum absolute atomic E-state index is 11.3. The number of amides is 1. The first-order valence-corrected chi connectivity index (χ1v) is 5.06. The maximum Gasteiger partial charge on any atom is 0.223 e. The van der Waals surface area contributed by atoms with E-state index < -0.39 is 6.17 Å². The minimum absolute atomic E-state index is 0.134. The molecule has 1 atom stereocenters. The highest BCUT2D eigenvalue weighted by Crippen LogP contribution is 2.31. The summed E-state index contributed by atoms with van der Waals surface area (Å²) in [5, 5.41) is 10.5. The summed E-state index contributed by atoms with van der Waals surface area (Å²) in [5.74, 6) is 0.731. The fourth-order valence-electron chi connectivity index (χ4n) is 1.30. The number of halogens is 1. The molecule has 2 rings (SSSR count). The molecule has 1 aliphatic heterocycles. The highest BCUT2D eigenvalue weighted by Gasteiger charge is 2.22. The van der Waals surface area contributed by atoms with E-state index in [0.717, 1.165) is 5.56 Å². The van der Waals surface area contributed by atoms with Crippen LogP contribution in [0.3, 0.4) is 0 Å². The molecule has 78 valence electrons. The molecule has 0 bridgehead atoms. The van der Waals surface area contributed by atoms with Crippen LogP contribution >= 0.6 is 11.6 Å². The van der Waals surface area contributed by atoms with Gasteiger partial charge in [-0.25, -0.2) is 4.98 Å². The van der Waals surface area contributed by atoms with Gasteiger partial charge in [0.25, 0.3) is 0 Å². The lowest BCUT2D eigenvalue weighted by molar-refractivity contribution is -0.121. The van der Waals surface area contributed by atoms with Gasteiger partial charge in [0, 0.05) is 24.1 Å². The van der Waals surface area contributed by atoms with Crippen LogP contribution in [0.1, 0.15) is 18.2 Å². The fraction of sp³-hybridized carbons (Fsp3) is 0.333. The highest BCUT2D eigenvalue weighted by atomic mass is 35.5. The van der Waals surface area contributed by atoms with Crippen LogP contribution in [-0.4, -0.2) is 16.8 Å². The van der Waals surface area contributed by atoms with Gasteiger partial charge in [0.1, 0.15) is 0 Å². The molecule has 1 N–H and O–H groups in total. The number of hydrogen-bond acceptors (Lipinski definition) is 4. The van der Waals surface area contributed by atoms with Crippen molar-refractivity contribution in [1.29, 1.82) is 0 Å². The molecule has 1 amide bonds. The van der Waals surface area contributed by atoms with Crippen molar-refractivity contribution in [2.45, 2.75) is 12.6 Å². The van der Waals surface area contributed by atoms with Crippen LogP contribution in [0.25, 0.3) is 0 Å². The summed E-state index contributed by atoms with van der Waals surface area (Å²) in [6.07, 6.45) is 1.51. The fourth-order valence-corrected chi connectivity index (χ4v) is 1.47. The molecule has 0 spiro atoms. The standard InChI is InChI=1S/C9H9ClN4O/c10-4-3-7(15)12-9-6-2-1-5-11-8(6)13-14-9/h1-2,5,9H,3-4H2,(H,12,15)/t9-/m0/s1. The van der Waals surface area contributed by atoms with E-state index in [4.69, 9.17) is 11.6 Å². The monoisotopic (exact) mass is 224 g/mol. The molecule has 0 saturated carbocycles. The second-order valence-electron chi connectivity index (χ2n) is 3.04. The third-order valence-electron chi connectivity index (χ3n) is 2.00. The predicted molar refractivity (Wildman–Crippen MR) is 55.0 cm³/mol. The number of pyridine rings is 1. The molecule has 0 aliphatic carbocycles. The van der Waals surface area contributed by atoms with Crippen molar-refractivity contribution in [3.05, 3.63) is 23.9 Å². The highest BCUT2D eigenvalue weighted by molar-refractivity contribution is 6.18. The van der Waals surface area contributed by atoms with Crippen molar-refractivity contribution in [2.75, 3.05) is 5.88 Å². The van der Waals surface area contributed by atoms with Gasteiger partial charge in [-0.05, 0) is 12.1 Å². The number of hydrogen-bond donors (Lipinski definition) is 1. The Kier molecular flexibility index (Phi) is 2.91. The lowest BCUT2D eigenvalue weighted by Gasteiger charge is -2.08. The molecule has 0 fully saturated rings. The van der Waals surface area contributed by atoms with Gasteiger partial charge >= 0.3 is 0 Å². The van der Waals surface area contributed by atoms with Crippen molar-refractivity contribution in [2.24, 2.45) is 10.2 Å². The Morgan fingerprint density at radius 1 is 1.60 bits per heavy atom. The molecule has 2 heterocycles. The third kappa shape index (κ3) is 2.12. The molecule has 0 saturated heterocycles. The van der Waals surface area contributed by atoms with E-state index in [1.807, 2.05) is 6.07 Å². The van der Waals surface area contributed by atoms with Crippen molar-refractivity contribution >= 4 is 23.3 Å². The van der Waals surface area contributed by atoms with Gasteiger partial charge in [-0.1, -0.05) is 0 Å². The zero-order valence-electron chi connectivity index (χ0n) is 7.85. The number of carbonyl (C=O) groups is 1. The summed E-state index contributed by atoms with van der Waals surface area (Å²) in [6, 6.07) is 3.63. The lowest BCUT2D eigenvalue weighted by Crippen LogP contribution is -2.26. The van der Waals surface area contributed by atoms with Crippen LogP contribution < -0.4 is 5.32 Å². The summed E-state index contributed by atoms with van der Waals surface area (Å²) in [7, 11) is 0. The van der Waals surface area contributed by atoms with E-state index in [1.165, 1.54) is 0 Å². The van der Waals surface area contributed by atoms with Gasteiger partial charge in [0.05, 0.1) is 0 Å². The van der Waals surface area contributed by atoms with Gasteiger partial charge in [-0.2, -0.15) is 5.11 Å². The number of azo groups is 1. The summed E-state index contributed by atoms with van der Waals surface area (Å²) < 4.78 is 0. The molecule has 0 aromatic carbocycles. The quantitative estimate of drug-likeness (QED) is 0.797. The molecular weight excluding hydrogens is 216 g/mol. The second kappa shape index (κ2) is 4.35. The summed E-state index contributed by atoms with van der Waals surface area (Å²) in [6.45, 7) is 0. The van der Waals surface area contributed by atoms with Gasteiger partial charge in [-0.15, -0.1) is 16.7 Å². The van der Waals surface area contributed by atoms with Gasteiger partial charge < -0.3 is 5.32 Å². The van der Waals surface area contributed by atoms with E-state index in [9.17, 15) is 4.79 Å². The van der Waals surface area contributed by atoms with E-state index >= 15 is 0 Å². The van der Waals surface area contributed by atoms with Crippen molar-refractivity contribution < 1.29 is 4.79 Å². The SMILES string of the molecule is O=C(CCCl)N[C@H]1N=Nc2ncccc21. The van der Waals surface area contributed by atoms with Crippen LogP contribution in [0.4, 0.5) is 5.82 Å². The second-order valence-corrected chi connectivity index (χ2v) is 3.42. The Balaban J connectivity index is 2.08. The first-order chi connectivity index (χ1) is 7.31. The summed E-state index contributed by atoms with van der Waals surface area (Å²) >= 11 is 5.45. The molecule has 0 unspecified atom stereocenters. The molecule has 6 heteroatoms. The zero-order chi connectivity index (χ0) is 10.7. The van der Waals surface area contributed by atoms with E-state index in [0.29, 0.717) is 11.7 Å². The van der Waals surface area contributed by atoms with Crippen LogP contribution in [0.5, 0.6) is 0 Å². The number of aromatic nitrogens is 1. The Labute approximate surface area is 91.6 Å². The number of fused-ring (bicyclic) bond motifs is 1. The van der Waals surface area contributed by atoms with Crippen LogP contribution in [0.15, 0.2) is 28.6 Å². The van der Waals surface area contributed by atoms with Crippen LogP contribution in [0.2, 0.25) is 0 Å². The molecule has 1 aliphatic rings. The number of nitrogens with zero attached hydrogens (tertiary/aromatic N) is 3. The van der Waals surface area contributed by atoms with Crippen molar-refractivity contribution in [3.8, 4) is 0 Å². The first-order valence-electron chi connectivity index (χ1n) is 4.52. The minimum Gasteiger partial charge on any atom is -0.329 e. The molecule has 15 heavy (non-hydrogen) atoms. The number of alkyl halides is 1. The molecule has 1 aromatic heterocycles. The molecule has 5 nitrogen and oxygen atoms in total. The van der Waals surface area contributed by atoms with Gasteiger partial charge in [0.2, 0.25) is 5.91 Å². The number of carbonyl (C=O) groups excluding carboxylic acids is 1. The van der Waals surface area contributed by atoms with Crippen LogP contribution in [-0.2, 0) is 4.79 Å². The molecule has 1 aromatic rings. The Morgan fingerprint density at radius 3 is 3.27 bits per heavy atom. The maximum atomic E-state index is 11.3. The van der Waals surface area contributed by atoms with E-state index in [2.05, 4.69) is 20.5 Å².